The zero-order valence-corrected chi connectivity index (χ0v) is 17.2. The molecule has 0 aromatic carbocycles. The Morgan fingerprint density at radius 3 is 1.70 bits per heavy atom. The molecular formula is C10H21BiO12. The van der Waals surface area contributed by atoms with Crippen LogP contribution in [0, 0.1) is 0 Å². The molecular weight excluding hydrogens is 521 g/mol. The summed E-state index contributed by atoms with van der Waals surface area (Å²) in [6, 6.07) is 0. The van der Waals surface area contributed by atoms with Gasteiger partial charge in [-0.05, 0) is 0 Å². The van der Waals surface area contributed by atoms with Crippen LogP contribution in [-0.2, 0) is 14.3 Å². The first kappa shape index (κ1) is 24.8. The second-order valence-corrected chi connectivity index (χ2v) is 4.28. The van der Waals surface area contributed by atoms with E-state index in [0.29, 0.717) is 0 Å². The van der Waals surface area contributed by atoms with Crippen molar-refractivity contribution in [1.82, 2.24) is 0 Å². The Morgan fingerprint density at radius 2 is 1.30 bits per heavy atom. The number of carbonyl (C=O) groups excluding carboxylic acids is 1. The summed E-state index contributed by atoms with van der Waals surface area (Å²) < 4.78 is 4.01. The van der Waals surface area contributed by atoms with Gasteiger partial charge in [-0.2, -0.15) is 0 Å². The predicted octanol–water partition coefficient (Wildman–Crippen LogP) is -7.09. The Balaban J connectivity index is 0. The molecule has 3 unspecified atom stereocenters. The third kappa shape index (κ3) is 7.29. The summed E-state index contributed by atoms with van der Waals surface area (Å²) in [5.74, 6) is -3.79. The van der Waals surface area contributed by atoms with E-state index in [1.54, 1.807) is 0 Å². The summed E-state index contributed by atoms with van der Waals surface area (Å²) in [5.41, 5.74) is 0. The molecule has 13 heteroatoms. The number of carboxylic acids is 1. The van der Waals surface area contributed by atoms with E-state index < -0.39 is 61.5 Å². The topological polar surface area (TPSA) is 225 Å². The summed E-state index contributed by atoms with van der Waals surface area (Å²) in [6.07, 6.45) is -16.3. The quantitative estimate of drug-likeness (QED) is 0.0753. The van der Waals surface area contributed by atoms with Crippen molar-refractivity contribution in [3.8, 4) is 0 Å². The second kappa shape index (κ2) is 11.1. The van der Waals surface area contributed by atoms with Crippen LogP contribution in [0.2, 0.25) is 0 Å². The molecule has 0 saturated heterocycles. The molecule has 0 amide bonds. The fraction of sp³-hybridized carbons (Fsp3) is 0.800. The van der Waals surface area contributed by atoms with Gasteiger partial charge in [0.15, 0.2) is 12.2 Å². The number of aliphatic hydroxyl groups is 8. The minimum absolute atomic E-state index is 0. The van der Waals surface area contributed by atoms with Crippen molar-refractivity contribution in [3.05, 3.63) is 0 Å². The van der Waals surface area contributed by atoms with Crippen LogP contribution < -0.4 is 0 Å². The first-order valence-electron chi connectivity index (χ1n) is 5.85. The third-order valence-electron chi connectivity index (χ3n) is 2.60. The van der Waals surface area contributed by atoms with Crippen molar-refractivity contribution in [1.29, 1.82) is 0 Å². The van der Waals surface area contributed by atoms with E-state index in [2.05, 4.69) is 4.74 Å². The van der Waals surface area contributed by atoms with Gasteiger partial charge in [0.25, 0.3) is 0 Å². The Hall–Kier alpha value is -0.497. The molecule has 0 aromatic heterocycles. The number of ether oxygens (including phenoxy) is 1. The van der Waals surface area contributed by atoms with Gasteiger partial charge in [-0.15, -0.1) is 0 Å². The van der Waals surface area contributed by atoms with Crippen molar-refractivity contribution < 1.29 is 60.3 Å². The SMILES string of the molecule is O=C(O)C(O)C(O)C(=O)OC(O)[C@H](O)[C@@H](O)[C@H](O)[C@H](O)CO.[BiH3]. The predicted molar refractivity (Wildman–Crippen MR) is 72.8 cm³/mol. The van der Waals surface area contributed by atoms with Gasteiger partial charge in [0, 0.05) is 0 Å². The van der Waals surface area contributed by atoms with Gasteiger partial charge in [-0.25, -0.2) is 9.59 Å². The van der Waals surface area contributed by atoms with E-state index in [1.807, 2.05) is 0 Å². The van der Waals surface area contributed by atoms with Crippen molar-refractivity contribution in [2.24, 2.45) is 0 Å². The number of hydrogen-bond donors (Lipinski definition) is 9. The fourth-order valence-corrected chi connectivity index (χ4v) is 1.23. The zero-order chi connectivity index (χ0) is 17.6. The number of carboxylic acid groups (broad SMARTS) is 1. The van der Waals surface area contributed by atoms with Crippen molar-refractivity contribution >= 4 is 38.1 Å². The van der Waals surface area contributed by atoms with Crippen molar-refractivity contribution in [3.63, 3.8) is 0 Å². The monoisotopic (exact) mass is 542 g/mol. The van der Waals surface area contributed by atoms with E-state index in [-0.39, 0.29) is 26.2 Å². The molecule has 0 rings (SSSR count). The Kier molecular flexibility index (Phi) is 12.0. The van der Waals surface area contributed by atoms with E-state index in [0.717, 1.165) is 0 Å². The molecule has 0 spiro atoms. The van der Waals surface area contributed by atoms with Crippen LogP contribution in [0.15, 0.2) is 0 Å². The number of carbonyl (C=O) groups is 2. The Morgan fingerprint density at radius 1 is 0.826 bits per heavy atom. The van der Waals surface area contributed by atoms with Crippen LogP contribution in [0.3, 0.4) is 0 Å². The first-order chi connectivity index (χ1) is 10.0. The molecule has 0 aliphatic heterocycles. The number of rotatable bonds is 9. The molecule has 0 bridgehead atoms. The minimum atomic E-state index is -2.58. The van der Waals surface area contributed by atoms with Gasteiger partial charge in [0.05, 0.1) is 6.61 Å². The molecule has 9 N–H and O–H groups in total. The molecule has 138 valence electrons. The molecule has 0 aromatic rings. The number of esters is 1. The summed E-state index contributed by atoms with van der Waals surface area (Å²) in [7, 11) is 0. The van der Waals surface area contributed by atoms with E-state index in [1.165, 1.54) is 0 Å². The second-order valence-electron chi connectivity index (χ2n) is 4.28. The molecule has 0 saturated carbocycles. The molecule has 0 heterocycles. The summed E-state index contributed by atoms with van der Waals surface area (Å²) >= 11 is 0. The summed E-state index contributed by atoms with van der Waals surface area (Å²) in [6.45, 7) is -0.982. The van der Waals surface area contributed by atoms with Gasteiger partial charge in [-0.1, -0.05) is 0 Å². The van der Waals surface area contributed by atoms with Crippen molar-refractivity contribution in [2.45, 2.75) is 42.9 Å². The first-order valence-corrected chi connectivity index (χ1v) is 5.85. The van der Waals surface area contributed by atoms with Crippen molar-refractivity contribution in [2.75, 3.05) is 6.61 Å². The number of aliphatic carboxylic acids is 1. The van der Waals surface area contributed by atoms with Crippen LogP contribution in [0.1, 0.15) is 0 Å². The summed E-state index contributed by atoms with van der Waals surface area (Å²) in [4.78, 5) is 21.5. The zero-order valence-electron chi connectivity index (χ0n) is 11.7. The van der Waals surface area contributed by atoms with Gasteiger partial charge < -0.3 is 50.7 Å². The third-order valence-corrected chi connectivity index (χ3v) is 2.60. The van der Waals surface area contributed by atoms with Crippen LogP contribution >= 0.6 is 0 Å². The van der Waals surface area contributed by atoms with E-state index >= 15 is 0 Å². The molecule has 0 fully saturated rings. The average Bonchev–Trinajstić information content (AvgIpc) is 2.49. The Bertz CT molecular complexity index is 379. The molecule has 12 nitrogen and oxygen atoms in total. The standard InChI is InChI=1S/C10H18O12.Bi.3H/c11-1-2(12)3(13)4(14)6(16)9(20)22-10(21)7(17)5(15)8(18)19;;;;/h2-7,9,11-17,20H,1H2,(H,18,19);;;;/t2-,3-,4+,5?,6-,7?,9?;;;;/m1..../s1. The molecule has 0 aliphatic carbocycles. The van der Waals surface area contributed by atoms with Crippen LogP contribution in [0.25, 0.3) is 0 Å². The number of aliphatic hydroxyl groups excluding tert-OH is 8. The molecule has 7 atom stereocenters. The van der Waals surface area contributed by atoms with E-state index in [9.17, 15) is 30.0 Å². The molecule has 23 heavy (non-hydrogen) atoms. The van der Waals surface area contributed by atoms with Gasteiger partial charge in [0.1, 0.15) is 24.4 Å². The van der Waals surface area contributed by atoms with E-state index in [4.69, 9.17) is 25.5 Å². The normalized spacial score (nSPS) is 20.2. The number of hydrogen-bond acceptors (Lipinski definition) is 11. The van der Waals surface area contributed by atoms with Gasteiger partial charge in [-0.3, -0.25) is 0 Å². The van der Waals surface area contributed by atoms with Crippen LogP contribution in [-0.4, -0.2) is 134 Å². The van der Waals surface area contributed by atoms with Crippen LogP contribution in [0.5, 0.6) is 0 Å². The molecule has 0 aliphatic rings. The van der Waals surface area contributed by atoms with Gasteiger partial charge >= 0.3 is 38.1 Å². The maximum atomic E-state index is 11.2. The summed E-state index contributed by atoms with van der Waals surface area (Å²) in [5, 5.41) is 81.2. The molecule has 0 radical (unpaired) electrons. The Labute approximate surface area is 148 Å². The van der Waals surface area contributed by atoms with Crippen LogP contribution in [0.4, 0.5) is 0 Å². The fourth-order valence-electron chi connectivity index (χ4n) is 1.23. The maximum absolute atomic E-state index is 11.2. The van der Waals surface area contributed by atoms with Gasteiger partial charge in [0.2, 0.25) is 6.29 Å². The average molecular weight is 542 g/mol.